The third-order valence-corrected chi connectivity index (χ3v) is 4.87. The zero-order valence-electron chi connectivity index (χ0n) is 14.7. The van der Waals surface area contributed by atoms with Crippen molar-refractivity contribution in [3.63, 3.8) is 0 Å². The Labute approximate surface area is 152 Å². The number of benzene rings is 1. The van der Waals surface area contributed by atoms with Gasteiger partial charge in [0.2, 0.25) is 5.95 Å². The fourth-order valence-corrected chi connectivity index (χ4v) is 3.48. The van der Waals surface area contributed by atoms with Gasteiger partial charge in [-0.1, -0.05) is 6.07 Å². The van der Waals surface area contributed by atoms with Crippen LogP contribution in [0, 0.1) is 5.95 Å². The van der Waals surface area contributed by atoms with Gasteiger partial charge in [-0.15, -0.1) is 0 Å². The minimum absolute atomic E-state index is 0.481. The summed E-state index contributed by atoms with van der Waals surface area (Å²) in [4.78, 5) is 11.8. The highest BCUT2D eigenvalue weighted by atomic mass is 19.1. The number of fused-ring (bicyclic) bond motifs is 1. The van der Waals surface area contributed by atoms with Gasteiger partial charge < -0.3 is 14.6 Å². The minimum Gasteiger partial charge on any atom is -0.492 e. The number of ether oxygens (including phenoxy) is 1. The number of pyridine rings is 1. The Kier molecular flexibility index (Phi) is 5.02. The number of nitrogens with one attached hydrogen (secondary N) is 1. The first-order valence-corrected chi connectivity index (χ1v) is 9.07. The topological polar surface area (TPSA) is 44.4 Å². The summed E-state index contributed by atoms with van der Waals surface area (Å²) in [6, 6.07) is 11.5. The van der Waals surface area contributed by atoms with Gasteiger partial charge in [0, 0.05) is 55.5 Å². The number of H-pyrrole nitrogens is 1. The van der Waals surface area contributed by atoms with E-state index in [4.69, 9.17) is 4.74 Å². The molecule has 26 heavy (non-hydrogen) atoms. The van der Waals surface area contributed by atoms with Crippen LogP contribution < -0.4 is 9.64 Å². The average molecular weight is 354 g/mol. The number of hydrogen-bond donors (Lipinski definition) is 1. The lowest BCUT2D eigenvalue weighted by Gasteiger charge is -2.36. The van der Waals surface area contributed by atoms with Gasteiger partial charge >= 0.3 is 0 Å². The van der Waals surface area contributed by atoms with Crippen LogP contribution in [-0.2, 0) is 0 Å². The second kappa shape index (κ2) is 7.74. The van der Waals surface area contributed by atoms with Crippen LogP contribution in [0.25, 0.3) is 10.9 Å². The Balaban J connectivity index is 1.22. The van der Waals surface area contributed by atoms with Crippen LogP contribution in [0.5, 0.6) is 5.75 Å². The highest BCUT2D eigenvalue weighted by Crippen LogP contribution is 2.26. The van der Waals surface area contributed by atoms with Crippen molar-refractivity contribution in [2.45, 2.75) is 6.42 Å². The maximum Gasteiger partial charge on any atom is 0.213 e. The Bertz CT molecular complexity index is 840. The summed E-state index contributed by atoms with van der Waals surface area (Å²) in [5.74, 6) is 0.140. The van der Waals surface area contributed by atoms with E-state index in [0.29, 0.717) is 12.4 Å². The number of halogens is 1. The molecule has 1 N–H and O–H groups in total. The standard InChI is InChI=1S/C20H23FN4O/c21-20-6-5-16(15-23-20)26-14-2-9-24-10-12-25(13-11-24)19-4-1-3-18-17(19)7-8-22-18/h1,3-8,15,22H,2,9-14H2. The van der Waals surface area contributed by atoms with Crippen LogP contribution in [0.2, 0.25) is 0 Å². The van der Waals surface area contributed by atoms with Gasteiger partial charge in [-0.05, 0) is 36.8 Å². The maximum atomic E-state index is 12.8. The quantitative estimate of drug-likeness (QED) is 0.545. The van der Waals surface area contributed by atoms with Gasteiger partial charge in [0.25, 0.3) is 0 Å². The van der Waals surface area contributed by atoms with Gasteiger partial charge in [-0.2, -0.15) is 4.39 Å². The van der Waals surface area contributed by atoms with E-state index in [0.717, 1.165) is 39.1 Å². The van der Waals surface area contributed by atoms with Crippen molar-refractivity contribution >= 4 is 16.6 Å². The fraction of sp³-hybridized carbons (Fsp3) is 0.350. The second-order valence-corrected chi connectivity index (χ2v) is 6.56. The van der Waals surface area contributed by atoms with Gasteiger partial charge in [-0.25, -0.2) is 4.98 Å². The zero-order valence-corrected chi connectivity index (χ0v) is 14.7. The van der Waals surface area contributed by atoms with Gasteiger partial charge in [0.1, 0.15) is 5.75 Å². The van der Waals surface area contributed by atoms with Crippen LogP contribution in [-0.4, -0.2) is 54.2 Å². The summed E-state index contributed by atoms with van der Waals surface area (Å²) >= 11 is 0. The molecule has 0 saturated carbocycles. The number of aromatic nitrogens is 2. The molecule has 0 bridgehead atoms. The molecule has 0 atom stereocenters. The Morgan fingerprint density at radius 1 is 1.08 bits per heavy atom. The molecule has 1 saturated heterocycles. The largest absolute Gasteiger partial charge is 0.492 e. The molecule has 1 fully saturated rings. The highest BCUT2D eigenvalue weighted by Gasteiger charge is 2.18. The van der Waals surface area contributed by atoms with Crippen molar-refractivity contribution in [3.05, 3.63) is 54.7 Å². The molecular formula is C20H23FN4O. The molecule has 0 amide bonds. The van der Waals surface area contributed by atoms with Crippen LogP contribution in [0.4, 0.5) is 10.1 Å². The van der Waals surface area contributed by atoms with E-state index in [1.807, 2.05) is 6.20 Å². The van der Waals surface area contributed by atoms with Crippen molar-refractivity contribution in [3.8, 4) is 5.75 Å². The van der Waals surface area contributed by atoms with Gasteiger partial charge in [0.15, 0.2) is 0 Å². The molecule has 5 nitrogen and oxygen atoms in total. The van der Waals surface area contributed by atoms with Crippen molar-refractivity contribution in [1.29, 1.82) is 0 Å². The number of nitrogens with zero attached hydrogens (tertiary/aromatic N) is 3. The normalized spacial score (nSPS) is 15.5. The summed E-state index contributed by atoms with van der Waals surface area (Å²) in [6.07, 6.45) is 4.38. The summed E-state index contributed by atoms with van der Waals surface area (Å²) in [5, 5.41) is 1.29. The first-order chi connectivity index (χ1) is 12.8. The molecule has 136 valence electrons. The molecular weight excluding hydrogens is 331 g/mol. The Morgan fingerprint density at radius 3 is 2.77 bits per heavy atom. The lowest BCUT2D eigenvalue weighted by Crippen LogP contribution is -2.46. The molecule has 2 aromatic heterocycles. The first kappa shape index (κ1) is 16.8. The zero-order chi connectivity index (χ0) is 17.8. The maximum absolute atomic E-state index is 12.8. The SMILES string of the molecule is Fc1ccc(OCCCN2CCN(c3cccc4[nH]ccc34)CC2)cn1. The molecule has 0 unspecified atom stereocenters. The van der Waals surface area contributed by atoms with E-state index >= 15 is 0 Å². The molecule has 0 aliphatic carbocycles. The van der Waals surface area contributed by atoms with Crippen molar-refractivity contribution in [2.24, 2.45) is 0 Å². The van der Waals surface area contributed by atoms with Crippen LogP contribution in [0.3, 0.4) is 0 Å². The molecule has 1 aliphatic rings. The van der Waals surface area contributed by atoms with Crippen LogP contribution in [0.1, 0.15) is 6.42 Å². The molecule has 1 aliphatic heterocycles. The molecule has 3 aromatic rings. The van der Waals surface area contributed by atoms with Gasteiger partial charge in [-0.3, -0.25) is 4.90 Å². The smallest absolute Gasteiger partial charge is 0.213 e. The van der Waals surface area contributed by atoms with Crippen molar-refractivity contribution in [1.82, 2.24) is 14.9 Å². The minimum atomic E-state index is -0.481. The second-order valence-electron chi connectivity index (χ2n) is 6.56. The van der Waals surface area contributed by atoms with E-state index < -0.39 is 5.95 Å². The predicted octanol–water partition coefficient (Wildman–Crippen LogP) is 3.29. The van der Waals surface area contributed by atoms with Crippen molar-refractivity contribution < 1.29 is 9.13 Å². The predicted molar refractivity (Wildman–Crippen MR) is 101 cm³/mol. The Hall–Kier alpha value is -2.60. The monoisotopic (exact) mass is 354 g/mol. The number of hydrogen-bond acceptors (Lipinski definition) is 4. The number of anilines is 1. The molecule has 0 radical (unpaired) electrons. The molecule has 6 heteroatoms. The lowest BCUT2D eigenvalue weighted by atomic mass is 10.1. The molecule has 4 rings (SSSR count). The summed E-state index contributed by atoms with van der Waals surface area (Å²) < 4.78 is 18.4. The Morgan fingerprint density at radius 2 is 1.96 bits per heavy atom. The fourth-order valence-electron chi connectivity index (χ4n) is 3.48. The van der Waals surface area contributed by atoms with Crippen LogP contribution >= 0.6 is 0 Å². The van der Waals surface area contributed by atoms with Crippen LogP contribution in [0.15, 0.2) is 48.8 Å². The van der Waals surface area contributed by atoms with E-state index in [1.54, 1.807) is 6.07 Å². The number of aromatic amines is 1. The molecule has 1 aromatic carbocycles. The first-order valence-electron chi connectivity index (χ1n) is 9.07. The average Bonchev–Trinajstić information content (AvgIpc) is 3.16. The molecule has 3 heterocycles. The summed E-state index contributed by atoms with van der Waals surface area (Å²) in [5.41, 5.74) is 2.51. The van der Waals surface area contributed by atoms with Crippen molar-refractivity contribution in [2.75, 3.05) is 44.2 Å². The van der Waals surface area contributed by atoms with E-state index in [-0.39, 0.29) is 0 Å². The number of piperazine rings is 1. The summed E-state index contributed by atoms with van der Waals surface area (Å²) in [6.45, 7) is 5.81. The van der Waals surface area contributed by atoms with E-state index in [2.05, 4.69) is 44.0 Å². The number of rotatable bonds is 6. The van der Waals surface area contributed by atoms with E-state index in [1.165, 1.54) is 28.9 Å². The van der Waals surface area contributed by atoms with E-state index in [9.17, 15) is 4.39 Å². The summed E-state index contributed by atoms with van der Waals surface area (Å²) in [7, 11) is 0. The molecule has 0 spiro atoms. The van der Waals surface area contributed by atoms with Gasteiger partial charge in [0.05, 0.1) is 12.8 Å². The third kappa shape index (κ3) is 3.80. The highest BCUT2D eigenvalue weighted by molar-refractivity contribution is 5.92. The third-order valence-electron chi connectivity index (χ3n) is 4.87. The lowest BCUT2D eigenvalue weighted by molar-refractivity contribution is 0.224.